The Kier molecular flexibility index (Phi) is 7.57. The summed E-state index contributed by atoms with van der Waals surface area (Å²) in [5, 5.41) is 3.54. The maximum absolute atomic E-state index is 6.07. The van der Waals surface area contributed by atoms with Gasteiger partial charge in [-0.05, 0) is 29.2 Å². The van der Waals surface area contributed by atoms with Gasteiger partial charge in [-0.25, -0.2) is 0 Å². The summed E-state index contributed by atoms with van der Waals surface area (Å²) in [4.78, 5) is 9.27. The highest BCUT2D eigenvalue weighted by atomic mass is 16.5. The highest BCUT2D eigenvalue weighted by Crippen LogP contribution is 2.25. The zero-order valence-corrected chi connectivity index (χ0v) is 18.7. The van der Waals surface area contributed by atoms with E-state index in [0.29, 0.717) is 6.61 Å². The average molecular weight is 423 g/mol. The van der Waals surface area contributed by atoms with E-state index in [0.717, 1.165) is 58.4 Å². The Morgan fingerprint density at radius 3 is 2.48 bits per heavy atom. The summed E-state index contributed by atoms with van der Waals surface area (Å²) in [5.41, 5.74) is 5.15. The summed E-state index contributed by atoms with van der Waals surface area (Å²) in [7, 11) is 1.85. The lowest BCUT2D eigenvalue weighted by Crippen LogP contribution is -2.48. The SMILES string of the molecule is CN=C(NCc1ccc(CN2CCOCC2)cc1)N1CCOC(c2ccccc2C)C1. The van der Waals surface area contributed by atoms with Crippen LogP contribution in [-0.4, -0.2) is 68.8 Å². The van der Waals surface area contributed by atoms with Crippen LogP contribution in [0.3, 0.4) is 0 Å². The lowest BCUT2D eigenvalue weighted by molar-refractivity contribution is -0.00833. The van der Waals surface area contributed by atoms with Crippen molar-refractivity contribution in [2.24, 2.45) is 4.99 Å². The van der Waals surface area contributed by atoms with Crippen molar-refractivity contribution >= 4 is 5.96 Å². The Morgan fingerprint density at radius 1 is 1.00 bits per heavy atom. The number of benzene rings is 2. The van der Waals surface area contributed by atoms with E-state index in [1.807, 2.05) is 7.05 Å². The zero-order chi connectivity index (χ0) is 21.5. The zero-order valence-electron chi connectivity index (χ0n) is 18.7. The second-order valence-corrected chi connectivity index (χ2v) is 8.27. The fourth-order valence-electron chi connectivity index (χ4n) is 4.27. The predicted molar refractivity (Wildman–Crippen MR) is 124 cm³/mol. The van der Waals surface area contributed by atoms with Gasteiger partial charge >= 0.3 is 0 Å². The van der Waals surface area contributed by atoms with Crippen molar-refractivity contribution in [1.29, 1.82) is 0 Å². The number of nitrogens with one attached hydrogen (secondary N) is 1. The summed E-state index contributed by atoms with van der Waals surface area (Å²) in [5.74, 6) is 0.930. The molecule has 0 bridgehead atoms. The van der Waals surface area contributed by atoms with E-state index in [1.165, 1.54) is 22.3 Å². The summed E-state index contributed by atoms with van der Waals surface area (Å²) in [6, 6.07) is 17.4. The van der Waals surface area contributed by atoms with Gasteiger partial charge in [0.05, 0.1) is 26.4 Å². The number of morpholine rings is 2. The first-order chi connectivity index (χ1) is 15.2. The molecule has 0 saturated carbocycles. The number of aliphatic imine (C=N–C) groups is 1. The van der Waals surface area contributed by atoms with Crippen molar-refractivity contribution in [2.75, 3.05) is 53.0 Å². The molecule has 2 aromatic rings. The van der Waals surface area contributed by atoms with E-state index in [-0.39, 0.29) is 6.10 Å². The minimum Gasteiger partial charge on any atom is -0.379 e. The van der Waals surface area contributed by atoms with Crippen LogP contribution in [0.4, 0.5) is 0 Å². The predicted octanol–water partition coefficient (Wildman–Crippen LogP) is 2.98. The molecule has 0 aliphatic carbocycles. The summed E-state index contributed by atoms with van der Waals surface area (Å²) in [6.45, 7) is 9.97. The molecule has 2 fully saturated rings. The molecule has 4 rings (SSSR count). The van der Waals surface area contributed by atoms with Gasteiger partial charge in [0.2, 0.25) is 0 Å². The van der Waals surface area contributed by atoms with E-state index in [9.17, 15) is 0 Å². The van der Waals surface area contributed by atoms with E-state index in [1.54, 1.807) is 0 Å². The molecule has 2 aliphatic rings. The van der Waals surface area contributed by atoms with Gasteiger partial charge in [0.25, 0.3) is 0 Å². The Balaban J connectivity index is 1.31. The molecule has 2 saturated heterocycles. The van der Waals surface area contributed by atoms with Crippen LogP contribution in [0, 0.1) is 6.92 Å². The number of hydrogen-bond acceptors (Lipinski definition) is 4. The minimum atomic E-state index is 0.0768. The van der Waals surface area contributed by atoms with Gasteiger partial charge in [-0.3, -0.25) is 9.89 Å². The van der Waals surface area contributed by atoms with Crippen LogP contribution >= 0.6 is 0 Å². The molecular formula is C25H34N4O2. The normalized spacial score (nSPS) is 20.6. The third-order valence-corrected chi connectivity index (χ3v) is 6.10. The van der Waals surface area contributed by atoms with Gasteiger partial charge in [-0.1, -0.05) is 48.5 Å². The van der Waals surface area contributed by atoms with Crippen molar-refractivity contribution in [3.8, 4) is 0 Å². The number of ether oxygens (including phenoxy) is 2. The molecule has 0 spiro atoms. The van der Waals surface area contributed by atoms with Crippen LogP contribution in [-0.2, 0) is 22.6 Å². The Hall–Kier alpha value is -2.41. The van der Waals surface area contributed by atoms with E-state index in [2.05, 4.69) is 75.6 Å². The van der Waals surface area contributed by atoms with Crippen molar-refractivity contribution in [3.63, 3.8) is 0 Å². The third-order valence-electron chi connectivity index (χ3n) is 6.10. The first-order valence-corrected chi connectivity index (χ1v) is 11.2. The average Bonchev–Trinajstić information content (AvgIpc) is 2.82. The van der Waals surface area contributed by atoms with Gasteiger partial charge in [-0.2, -0.15) is 0 Å². The fraction of sp³-hybridized carbons (Fsp3) is 0.480. The van der Waals surface area contributed by atoms with E-state index in [4.69, 9.17) is 9.47 Å². The molecule has 2 heterocycles. The van der Waals surface area contributed by atoms with Crippen molar-refractivity contribution in [2.45, 2.75) is 26.1 Å². The van der Waals surface area contributed by atoms with E-state index < -0.39 is 0 Å². The van der Waals surface area contributed by atoms with Gasteiger partial charge < -0.3 is 19.7 Å². The quantitative estimate of drug-likeness (QED) is 0.593. The van der Waals surface area contributed by atoms with Crippen LogP contribution in [0.15, 0.2) is 53.5 Å². The standard InChI is InChI=1S/C25H34N4O2/c1-20-5-3-4-6-23(20)24-19-29(13-16-31-24)25(26-2)27-17-21-7-9-22(10-8-21)18-28-11-14-30-15-12-28/h3-10,24H,11-19H2,1-2H3,(H,26,27). The number of hydrogen-bond donors (Lipinski definition) is 1. The number of guanidine groups is 1. The molecule has 0 amide bonds. The number of nitrogens with zero attached hydrogens (tertiary/aromatic N) is 3. The number of aryl methyl sites for hydroxylation is 1. The molecule has 2 aromatic carbocycles. The van der Waals surface area contributed by atoms with Gasteiger partial charge in [-0.15, -0.1) is 0 Å². The molecule has 6 heteroatoms. The molecule has 6 nitrogen and oxygen atoms in total. The largest absolute Gasteiger partial charge is 0.379 e. The molecule has 0 radical (unpaired) electrons. The van der Waals surface area contributed by atoms with Crippen LogP contribution in [0.5, 0.6) is 0 Å². The highest BCUT2D eigenvalue weighted by Gasteiger charge is 2.25. The maximum atomic E-state index is 6.07. The van der Waals surface area contributed by atoms with Crippen molar-refractivity contribution < 1.29 is 9.47 Å². The van der Waals surface area contributed by atoms with Crippen LogP contribution in [0.25, 0.3) is 0 Å². The highest BCUT2D eigenvalue weighted by molar-refractivity contribution is 5.80. The van der Waals surface area contributed by atoms with Crippen molar-refractivity contribution in [3.05, 3.63) is 70.8 Å². The van der Waals surface area contributed by atoms with Crippen LogP contribution in [0.1, 0.15) is 28.4 Å². The van der Waals surface area contributed by atoms with Crippen LogP contribution in [0.2, 0.25) is 0 Å². The topological polar surface area (TPSA) is 49.3 Å². The molecule has 1 N–H and O–H groups in total. The maximum Gasteiger partial charge on any atom is 0.194 e. The number of rotatable bonds is 5. The summed E-state index contributed by atoms with van der Waals surface area (Å²) in [6.07, 6.45) is 0.0768. The van der Waals surface area contributed by atoms with Gasteiger partial charge in [0.1, 0.15) is 6.10 Å². The van der Waals surface area contributed by atoms with E-state index >= 15 is 0 Å². The molecule has 166 valence electrons. The monoisotopic (exact) mass is 422 g/mol. The molecule has 0 aromatic heterocycles. The Bertz CT molecular complexity index is 862. The molecular weight excluding hydrogens is 388 g/mol. The van der Waals surface area contributed by atoms with Gasteiger partial charge in [0, 0.05) is 39.8 Å². The minimum absolute atomic E-state index is 0.0768. The first-order valence-electron chi connectivity index (χ1n) is 11.2. The first kappa shape index (κ1) is 21.8. The smallest absolute Gasteiger partial charge is 0.194 e. The Labute approximate surface area is 185 Å². The lowest BCUT2D eigenvalue weighted by Gasteiger charge is -2.35. The molecule has 2 aliphatic heterocycles. The third kappa shape index (κ3) is 5.85. The molecule has 1 unspecified atom stereocenters. The molecule has 31 heavy (non-hydrogen) atoms. The second kappa shape index (κ2) is 10.8. The summed E-state index contributed by atoms with van der Waals surface area (Å²) < 4.78 is 11.5. The Morgan fingerprint density at radius 2 is 1.74 bits per heavy atom. The van der Waals surface area contributed by atoms with Gasteiger partial charge in [0.15, 0.2) is 5.96 Å². The summed E-state index contributed by atoms with van der Waals surface area (Å²) >= 11 is 0. The molecule has 1 atom stereocenters. The fourth-order valence-corrected chi connectivity index (χ4v) is 4.27. The lowest BCUT2D eigenvalue weighted by atomic mass is 10.0. The second-order valence-electron chi connectivity index (χ2n) is 8.27. The van der Waals surface area contributed by atoms with Crippen molar-refractivity contribution in [1.82, 2.24) is 15.1 Å². The van der Waals surface area contributed by atoms with Crippen LogP contribution < -0.4 is 5.32 Å².